The second-order valence-electron chi connectivity index (χ2n) is 8.20. The highest BCUT2D eigenvalue weighted by Crippen LogP contribution is 2.36. The summed E-state index contributed by atoms with van der Waals surface area (Å²) in [5.41, 5.74) is 5.53. The lowest BCUT2D eigenvalue weighted by Crippen LogP contribution is -2.03. The van der Waals surface area contributed by atoms with E-state index in [0.29, 0.717) is 29.3 Å². The Hall–Kier alpha value is -3.88. The molecule has 0 bridgehead atoms. The molecule has 0 unspecified atom stereocenters. The monoisotopic (exact) mass is 461 g/mol. The van der Waals surface area contributed by atoms with Crippen LogP contribution in [0, 0.1) is 13.8 Å². The number of aryl methyl sites for hydroxylation is 2. The van der Waals surface area contributed by atoms with E-state index in [9.17, 15) is 0 Å². The van der Waals surface area contributed by atoms with Gasteiger partial charge in [0.25, 0.3) is 0 Å². The fraction of sp³-hybridized carbons (Fsp3) is 0.360. The third kappa shape index (κ3) is 4.59. The van der Waals surface area contributed by atoms with Gasteiger partial charge in [-0.25, -0.2) is 9.97 Å². The van der Waals surface area contributed by atoms with Crippen molar-refractivity contribution in [1.82, 2.24) is 29.7 Å². The average molecular weight is 462 g/mol. The van der Waals surface area contributed by atoms with Crippen LogP contribution in [0.4, 0.5) is 11.6 Å². The zero-order chi connectivity index (χ0) is 24.2. The average Bonchev–Trinajstić information content (AvgIpc) is 3.50. The van der Waals surface area contributed by atoms with Crippen LogP contribution in [-0.4, -0.2) is 43.9 Å². The molecule has 4 rings (SSSR count). The van der Waals surface area contributed by atoms with Crippen LogP contribution in [0.2, 0.25) is 0 Å². The summed E-state index contributed by atoms with van der Waals surface area (Å²) in [7, 11) is 3.31. The Labute approximate surface area is 199 Å². The van der Waals surface area contributed by atoms with Gasteiger partial charge in [-0.3, -0.25) is 5.10 Å². The number of methoxy groups -OCH3 is 2. The first kappa shape index (κ1) is 23.3. The Kier molecular flexibility index (Phi) is 6.81. The third-order valence-corrected chi connectivity index (χ3v) is 6.00. The van der Waals surface area contributed by atoms with Gasteiger partial charge in [-0.1, -0.05) is 13.8 Å². The van der Waals surface area contributed by atoms with Crippen molar-refractivity contribution in [2.75, 3.05) is 19.5 Å². The van der Waals surface area contributed by atoms with Gasteiger partial charge in [0, 0.05) is 11.9 Å². The molecule has 0 saturated heterocycles. The molecule has 0 radical (unpaired) electrons. The summed E-state index contributed by atoms with van der Waals surface area (Å²) in [6.07, 6.45) is 5.74. The standard InChI is InChI=1S/C25H31N7O2/c1-7-17(8-2)18-12-20(15(3)11-22(18)33-5)28-25-29-23(30-31-25)19-9-10-21(24(27-19)34-6)32-13-16(4)26-14-32/h9-14,17H,7-8H2,1-6H3,(H2,28,29,30,31). The van der Waals surface area contributed by atoms with Crippen molar-refractivity contribution >= 4 is 11.6 Å². The summed E-state index contributed by atoms with van der Waals surface area (Å²) in [4.78, 5) is 13.5. The molecule has 178 valence electrons. The smallest absolute Gasteiger partial charge is 0.246 e. The molecule has 3 heterocycles. The topological polar surface area (TPSA) is 103 Å². The van der Waals surface area contributed by atoms with Crippen molar-refractivity contribution in [3.8, 4) is 28.8 Å². The molecule has 0 aliphatic heterocycles. The minimum atomic E-state index is 0.424. The molecule has 0 amide bonds. The van der Waals surface area contributed by atoms with Crippen molar-refractivity contribution in [2.24, 2.45) is 0 Å². The van der Waals surface area contributed by atoms with Crippen LogP contribution in [0.3, 0.4) is 0 Å². The number of hydrogen-bond acceptors (Lipinski definition) is 7. The van der Waals surface area contributed by atoms with E-state index in [1.165, 1.54) is 5.56 Å². The van der Waals surface area contributed by atoms with Crippen molar-refractivity contribution in [2.45, 2.75) is 46.5 Å². The summed E-state index contributed by atoms with van der Waals surface area (Å²) >= 11 is 0. The maximum absolute atomic E-state index is 5.65. The Morgan fingerprint density at radius 2 is 1.85 bits per heavy atom. The van der Waals surface area contributed by atoms with Crippen LogP contribution < -0.4 is 14.8 Å². The van der Waals surface area contributed by atoms with Crippen molar-refractivity contribution < 1.29 is 9.47 Å². The molecule has 2 N–H and O–H groups in total. The lowest BCUT2D eigenvalue weighted by molar-refractivity contribution is 0.396. The number of nitrogens with one attached hydrogen (secondary N) is 2. The molecule has 0 aliphatic rings. The SMILES string of the molecule is CCC(CC)c1cc(Nc2n[nH]c(-c3ccc(-n4cnc(C)c4)c(OC)n3)n2)c(C)cc1OC. The van der Waals surface area contributed by atoms with Crippen molar-refractivity contribution in [3.63, 3.8) is 0 Å². The number of H-pyrrole nitrogens is 1. The molecule has 1 aromatic carbocycles. The van der Waals surface area contributed by atoms with Gasteiger partial charge in [0.15, 0.2) is 5.82 Å². The number of hydrogen-bond donors (Lipinski definition) is 2. The Bertz CT molecular complexity index is 1270. The molecular formula is C25H31N7O2. The van der Waals surface area contributed by atoms with E-state index in [1.807, 2.05) is 36.7 Å². The molecule has 3 aromatic heterocycles. The Morgan fingerprint density at radius 1 is 1.06 bits per heavy atom. The number of nitrogens with zero attached hydrogens (tertiary/aromatic N) is 5. The van der Waals surface area contributed by atoms with Gasteiger partial charge < -0.3 is 19.4 Å². The van der Waals surface area contributed by atoms with Crippen LogP contribution in [0.25, 0.3) is 17.2 Å². The van der Waals surface area contributed by atoms with E-state index in [4.69, 9.17) is 9.47 Å². The van der Waals surface area contributed by atoms with Crippen LogP contribution in [0.1, 0.15) is 49.4 Å². The zero-order valence-electron chi connectivity index (χ0n) is 20.5. The van der Waals surface area contributed by atoms with Gasteiger partial charge in [-0.15, -0.1) is 5.10 Å². The quantitative estimate of drug-likeness (QED) is 0.347. The number of ether oxygens (including phenoxy) is 2. The van der Waals surface area contributed by atoms with Gasteiger partial charge in [-0.05, 0) is 68.0 Å². The number of pyridine rings is 1. The van der Waals surface area contributed by atoms with Crippen LogP contribution in [-0.2, 0) is 0 Å². The molecule has 0 atom stereocenters. The Balaban J connectivity index is 1.61. The molecule has 0 spiro atoms. The second kappa shape index (κ2) is 9.94. The van der Waals surface area contributed by atoms with Gasteiger partial charge >= 0.3 is 0 Å². The summed E-state index contributed by atoms with van der Waals surface area (Å²) in [5, 5.41) is 10.7. The number of rotatable bonds is 9. The van der Waals surface area contributed by atoms with Gasteiger partial charge in [-0.2, -0.15) is 4.98 Å². The summed E-state index contributed by atoms with van der Waals surface area (Å²) in [6, 6.07) is 8.01. The fourth-order valence-electron chi connectivity index (χ4n) is 4.07. The number of anilines is 2. The summed E-state index contributed by atoms with van der Waals surface area (Å²) < 4.78 is 13.0. The van der Waals surface area contributed by atoms with Crippen molar-refractivity contribution in [3.05, 3.63) is 53.6 Å². The van der Waals surface area contributed by atoms with E-state index < -0.39 is 0 Å². The minimum Gasteiger partial charge on any atom is -0.496 e. The number of imidazole rings is 1. The largest absolute Gasteiger partial charge is 0.496 e. The van der Waals surface area contributed by atoms with Crippen LogP contribution in [0.15, 0.2) is 36.8 Å². The predicted octanol–water partition coefficient (Wildman–Crippen LogP) is 5.33. The van der Waals surface area contributed by atoms with Gasteiger partial charge in [0.1, 0.15) is 17.1 Å². The second-order valence-corrected chi connectivity index (χ2v) is 8.20. The van der Waals surface area contributed by atoms with E-state index >= 15 is 0 Å². The lowest BCUT2D eigenvalue weighted by Gasteiger charge is -2.19. The highest BCUT2D eigenvalue weighted by molar-refractivity contribution is 5.64. The predicted molar refractivity (Wildman–Crippen MR) is 132 cm³/mol. The first-order chi connectivity index (χ1) is 16.5. The van der Waals surface area contributed by atoms with E-state index in [-0.39, 0.29) is 0 Å². The van der Waals surface area contributed by atoms with Gasteiger partial charge in [0.2, 0.25) is 11.8 Å². The molecule has 4 aromatic rings. The fourth-order valence-corrected chi connectivity index (χ4v) is 4.07. The highest BCUT2D eigenvalue weighted by atomic mass is 16.5. The zero-order valence-corrected chi connectivity index (χ0v) is 20.5. The van der Waals surface area contributed by atoms with Gasteiger partial charge in [0.05, 0.1) is 26.2 Å². The molecule has 0 fully saturated rings. The number of benzene rings is 1. The van der Waals surface area contributed by atoms with Crippen molar-refractivity contribution in [1.29, 1.82) is 0 Å². The summed E-state index contributed by atoms with van der Waals surface area (Å²) in [6.45, 7) is 8.37. The molecular weight excluding hydrogens is 430 g/mol. The third-order valence-electron chi connectivity index (χ3n) is 6.00. The number of aromatic nitrogens is 6. The molecule has 0 aliphatic carbocycles. The Morgan fingerprint density at radius 3 is 2.50 bits per heavy atom. The molecule has 0 saturated carbocycles. The number of aromatic amines is 1. The normalized spacial score (nSPS) is 11.1. The minimum absolute atomic E-state index is 0.424. The van der Waals surface area contributed by atoms with E-state index in [0.717, 1.165) is 41.2 Å². The first-order valence-corrected chi connectivity index (χ1v) is 11.4. The van der Waals surface area contributed by atoms with E-state index in [1.54, 1.807) is 20.5 Å². The molecule has 9 nitrogen and oxygen atoms in total. The maximum atomic E-state index is 5.65. The molecule has 9 heteroatoms. The highest BCUT2D eigenvalue weighted by Gasteiger charge is 2.17. The van der Waals surface area contributed by atoms with Crippen LogP contribution >= 0.6 is 0 Å². The van der Waals surface area contributed by atoms with Crippen LogP contribution in [0.5, 0.6) is 11.6 Å². The van der Waals surface area contributed by atoms with E-state index in [2.05, 4.69) is 56.4 Å². The lowest BCUT2D eigenvalue weighted by atomic mass is 9.91. The first-order valence-electron chi connectivity index (χ1n) is 11.4. The summed E-state index contributed by atoms with van der Waals surface area (Å²) in [5.74, 6) is 2.82. The molecule has 34 heavy (non-hydrogen) atoms. The maximum Gasteiger partial charge on any atom is 0.246 e.